The van der Waals surface area contributed by atoms with Crippen LogP contribution in [0.2, 0.25) is 0 Å². The molecule has 0 bridgehead atoms. The highest BCUT2D eigenvalue weighted by Crippen LogP contribution is 2.22. The maximum absolute atomic E-state index is 12.0. The summed E-state index contributed by atoms with van der Waals surface area (Å²) >= 11 is 5.02. The smallest absolute Gasteiger partial charge is 0.292 e. The van der Waals surface area contributed by atoms with Gasteiger partial charge in [-0.2, -0.15) is 0 Å². The van der Waals surface area contributed by atoms with E-state index in [0.717, 1.165) is 5.56 Å². The van der Waals surface area contributed by atoms with Crippen molar-refractivity contribution < 1.29 is 9.72 Å². The van der Waals surface area contributed by atoms with E-state index >= 15 is 0 Å². The van der Waals surface area contributed by atoms with E-state index in [1.54, 1.807) is 24.3 Å². The van der Waals surface area contributed by atoms with Gasteiger partial charge in [0.1, 0.15) is 5.69 Å². The summed E-state index contributed by atoms with van der Waals surface area (Å²) in [7, 11) is 0. The summed E-state index contributed by atoms with van der Waals surface area (Å²) in [5.74, 6) is -0.379. The van der Waals surface area contributed by atoms with E-state index in [9.17, 15) is 14.9 Å². The van der Waals surface area contributed by atoms with Gasteiger partial charge in [0, 0.05) is 11.6 Å². The first-order chi connectivity index (χ1) is 10.5. The first kappa shape index (κ1) is 15.6. The number of aryl methyl sites for hydroxylation is 1. The lowest BCUT2D eigenvalue weighted by Gasteiger charge is -2.10. The van der Waals surface area contributed by atoms with Gasteiger partial charge in [-0.1, -0.05) is 29.8 Å². The van der Waals surface area contributed by atoms with Crippen molar-refractivity contribution in [1.29, 1.82) is 0 Å². The molecular weight excluding hydrogens is 302 g/mol. The van der Waals surface area contributed by atoms with E-state index in [0.29, 0.717) is 5.56 Å². The summed E-state index contributed by atoms with van der Waals surface area (Å²) < 4.78 is 0. The van der Waals surface area contributed by atoms with Crippen molar-refractivity contribution in [2.75, 3.05) is 5.32 Å². The third kappa shape index (κ3) is 3.86. The third-order valence-electron chi connectivity index (χ3n) is 2.89. The molecule has 0 atom stereocenters. The number of carbonyl (C=O) groups is 1. The summed E-state index contributed by atoms with van der Waals surface area (Å²) in [6.45, 7) is 1.92. The Labute approximate surface area is 132 Å². The molecule has 6 nitrogen and oxygen atoms in total. The Morgan fingerprint density at radius 3 is 2.41 bits per heavy atom. The van der Waals surface area contributed by atoms with E-state index in [1.807, 2.05) is 19.1 Å². The molecule has 0 aliphatic rings. The molecule has 2 rings (SSSR count). The normalized spacial score (nSPS) is 9.86. The number of hydrogen-bond donors (Lipinski definition) is 2. The molecule has 0 spiro atoms. The number of amides is 1. The molecule has 0 saturated heterocycles. The van der Waals surface area contributed by atoms with Crippen molar-refractivity contribution in [3.63, 3.8) is 0 Å². The molecule has 0 aromatic heterocycles. The number of rotatable bonds is 3. The number of para-hydroxylation sites is 2. The van der Waals surface area contributed by atoms with Crippen molar-refractivity contribution in [2.24, 2.45) is 0 Å². The maximum atomic E-state index is 12.0. The number of nitro benzene ring substituents is 1. The number of nitro groups is 1. The lowest BCUT2D eigenvalue weighted by atomic mass is 10.1. The van der Waals surface area contributed by atoms with Crippen LogP contribution in [0.3, 0.4) is 0 Å². The number of benzene rings is 2. The van der Waals surface area contributed by atoms with Crippen LogP contribution < -0.4 is 10.6 Å². The summed E-state index contributed by atoms with van der Waals surface area (Å²) in [6, 6.07) is 13.0. The van der Waals surface area contributed by atoms with E-state index in [2.05, 4.69) is 10.6 Å². The van der Waals surface area contributed by atoms with Crippen LogP contribution in [-0.4, -0.2) is 15.9 Å². The second-order valence-electron chi connectivity index (χ2n) is 4.55. The molecule has 7 heteroatoms. The van der Waals surface area contributed by atoms with Crippen LogP contribution in [0.15, 0.2) is 48.5 Å². The molecule has 0 aliphatic carbocycles. The molecule has 112 valence electrons. The van der Waals surface area contributed by atoms with Crippen LogP contribution >= 0.6 is 12.2 Å². The Morgan fingerprint density at radius 1 is 1.14 bits per heavy atom. The fourth-order valence-corrected chi connectivity index (χ4v) is 1.97. The Hall–Kier alpha value is -2.80. The highest BCUT2D eigenvalue weighted by molar-refractivity contribution is 7.80. The van der Waals surface area contributed by atoms with Crippen molar-refractivity contribution in [3.05, 3.63) is 69.8 Å². The molecule has 1 amide bonds. The number of nitrogens with zero attached hydrogens (tertiary/aromatic N) is 1. The standard InChI is InChI=1S/C15H13N3O3S/c1-10-6-8-11(9-7-10)14(19)17-15(22)16-12-4-2-3-5-13(12)18(20)21/h2-9H,1H3,(H2,16,17,19,22). The molecule has 2 aromatic rings. The highest BCUT2D eigenvalue weighted by Gasteiger charge is 2.14. The second kappa shape index (κ2) is 6.77. The number of anilines is 1. The fourth-order valence-electron chi connectivity index (χ4n) is 1.77. The van der Waals surface area contributed by atoms with Gasteiger partial charge in [-0.05, 0) is 37.3 Å². The predicted molar refractivity (Wildman–Crippen MR) is 88.0 cm³/mol. The van der Waals surface area contributed by atoms with E-state index < -0.39 is 4.92 Å². The molecule has 0 saturated carbocycles. The first-order valence-corrected chi connectivity index (χ1v) is 6.80. The van der Waals surface area contributed by atoms with Gasteiger partial charge < -0.3 is 5.32 Å². The first-order valence-electron chi connectivity index (χ1n) is 6.40. The second-order valence-corrected chi connectivity index (χ2v) is 4.96. The lowest BCUT2D eigenvalue weighted by molar-refractivity contribution is -0.383. The van der Waals surface area contributed by atoms with Crippen LogP contribution in [0.1, 0.15) is 15.9 Å². The minimum absolute atomic E-state index is 0.000116. The van der Waals surface area contributed by atoms with Crippen molar-refractivity contribution in [1.82, 2.24) is 5.32 Å². The SMILES string of the molecule is Cc1ccc(C(=O)NC(=S)Nc2ccccc2[N+](=O)[O-])cc1. The van der Waals surface area contributed by atoms with Gasteiger partial charge in [-0.15, -0.1) is 0 Å². The van der Waals surface area contributed by atoms with Crippen molar-refractivity contribution in [2.45, 2.75) is 6.92 Å². The van der Waals surface area contributed by atoms with Gasteiger partial charge >= 0.3 is 0 Å². The zero-order chi connectivity index (χ0) is 16.1. The van der Waals surface area contributed by atoms with Crippen LogP contribution in [0.4, 0.5) is 11.4 Å². The summed E-state index contributed by atoms with van der Waals surface area (Å²) in [4.78, 5) is 22.4. The molecule has 0 aliphatic heterocycles. The molecule has 2 N–H and O–H groups in total. The quantitative estimate of drug-likeness (QED) is 0.517. The number of nitrogens with one attached hydrogen (secondary N) is 2. The topological polar surface area (TPSA) is 84.3 Å². The number of carbonyl (C=O) groups excluding carboxylic acids is 1. The van der Waals surface area contributed by atoms with E-state index in [-0.39, 0.29) is 22.4 Å². The van der Waals surface area contributed by atoms with Gasteiger partial charge in [0.05, 0.1) is 4.92 Å². The molecule has 2 aromatic carbocycles. The average Bonchev–Trinajstić information content (AvgIpc) is 2.48. The van der Waals surface area contributed by atoms with E-state index in [4.69, 9.17) is 12.2 Å². The summed E-state index contributed by atoms with van der Waals surface area (Å²) in [5, 5.41) is 16.1. The van der Waals surface area contributed by atoms with Crippen LogP contribution in [0.25, 0.3) is 0 Å². The van der Waals surface area contributed by atoms with Crippen LogP contribution in [-0.2, 0) is 0 Å². The molecular formula is C15H13N3O3S. The minimum atomic E-state index is -0.521. The van der Waals surface area contributed by atoms with Crippen molar-refractivity contribution in [3.8, 4) is 0 Å². The predicted octanol–water partition coefficient (Wildman–Crippen LogP) is 3.03. The van der Waals surface area contributed by atoms with Gasteiger partial charge in [0.15, 0.2) is 5.11 Å². The van der Waals surface area contributed by atoms with Crippen molar-refractivity contribution >= 4 is 34.6 Å². The Kier molecular flexibility index (Phi) is 4.80. The van der Waals surface area contributed by atoms with Gasteiger partial charge in [0.2, 0.25) is 0 Å². The van der Waals surface area contributed by atoms with Gasteiger partial charge in [-0.25, -0.2) is 0 Å². The average molecular weight is 315 g/mol. The zero-order valence-electron chi connectivity index (χ0n) is 11.7. The van der Waals surface area contributed by atoms with Crippen LogP contribution in [0.5, 0.6) is 0 Å². The summed E-state index contributed by atoms with van der Waals surface area (Å²) in [6.07, 6.45) is 0. The summed E-state index contributed by atoms with van der Waals surface area (Å²) in [5.41, 5.74) is 1.60. The largest absolute Gasteiger partial charge is 0.327 e. The third-order valence-corrected chi connectivity index (χ3v) is 3.09. The molecule has 0 radical (unpaired) electrons. The minimum Gasteiger partial charge on any atom is -0.327 e. The Morgan fingerprint density at radius 2 is 1.77 bits per heavy atom. The van der Waals surface area contributed by atoms with E-state index in [1.165, 1.54) is 12.1 Å². The molecule has 0 fully saturated rings. The number of thiocarbonyl (C=S) groups is 1. The number of hydrogen-bond acceptors (Lipinski definition) is 4. The molecule has 22 heavy (non-hydrogen) atoms. The molecule has 0 unspecified atom stereocenters. The van der Waals surface area contributed by atoms with Gasteiger partial charge in [-0.3, -0.25) is 20.2 Å². The zero-order valence-corrected chi connectivity index (χ0v) is 12.5. The van der Waals surface area contributed by atoms with Gasteiger partial charge in [0.25, 0.3) is 11.6 Å². The fraction of sp³-hybridized carbons (Fsp3) is 0.0667. The Balaban J connectivity index is 2.06. The Bertz CT molecular complexity index is 729. The van der Waals surface area contributed by atoms with Crippen LogP contribution in [0, 0.1) is 17.0 Å². The monoisotopic (exact) mass is 315 g/mol. The highest BCUT2D eigenvalue weighted by atomic mass is 32.1. The maximum Gasteiger partial charge on any atom is 0.292 e. The molecule has 0 heterocycles. The lowest BCUT2D eigenvalue weighted by Crippen LogP contribution is -2.34.